The average molecular weight is 522 g/mol. The monoisotopic (exact) mass is 522 g/mol. The fraction of sp³-hybridized carbons (Fsp3) is 0.375. The van der Waals surface area contributed by atoms with Gasteiger partial charge in [0, 0.05) is 6.07 Å². The lowest BCUT2D eigenvalue weighted by Gasteiger charge is -2.39. The second-order valence-corrected chi connectivity index (χ2v) is 8.15. The van der Waals surface area contributed by atoms with Crippen LogP contribution in [-0.2, 0) is 4.74 Å². The van der Waals surface area contributed by atoms with Crippen LogP contribution >= 0.6 is 0 Å². The summed E-state index contributed by atoms with van der Waals surface area (Å²) in [5.41, 5.74) is -0.512. The Morgan fingerprint density at radius 3 is 2.08 bits per heavy atom. The van der Waals surface area contributed by atoms with Crippen LogP contribution in [0, 0.1) is 0 Å². The van der Waals surface area contributed by atoms with E-state index in [1.807, 2.05) is 0 Å². The van der Waals surface area contributed by atoms with E-state index in [-0.39, 0.29) is 50.8 Å². The third-order valence-electron chi connectivity index (χ3n) is 6.05. The van der Waals surface area contributed by atoms with Crippen molar-refractivity contribution in [2.24, 2.45) is 0 Å². The molecular formula is C24H26O13. The van der Waals surface area contributed by atoms with E-state index in [0.717, 1.165) is 6.26 Å². The summed E-state index contributed by atoms with van der Waals surface area (Å²) >= 11 is 0. The Morgan fingerprint density at radius 1 is 0.865 bits per heavy atom. The van der Waals surface area contributed by atoms with E-state index in [0.29, 0.717) is 0 Å². The van der Waals surface area contributed by atoms with Gasteiger partial charge in [-0.25, -0.2) is 0 Å². The summed E-state index contributed by atoms with van der Waals surface area (Å²) in [4.78, 5) is 13.4. The van der Waals surface area contributed by atoms with Gasteiger partial charge in [-0.3, -0.25) is 4.79 Å². The van der Waals surface area contributed by atoms with Gasteiger partial charge in [-0.2, -0.15) is 0 Å². The fourth-order valence-corrected chi connectivity index (χ4v) is 4.05. The molecule has 0 amide bonds. The van der Waals surface area contributed by atoms with Crippen LogP contribution in [0.5, 0.6) is 34.5 Å². The van der Waals surface area contributed by atoms with Gasteiger partial charge in [0.1, 0.15) is 41.6 Å². The van der Waals surface area contributed by atoms with Gasteiger partial charge in [-0.05, 0) is 17.7 Å². The molecule has 3 aromatic rings. The first-order valence-electron chi connectivity index (χ1n) is 10.9. The van der Waals surface area contributed by atoms with Crippen molar-refractivity contribution in [1.82, 2.24) is 0 Å². The first-order valence-corrected chi connectivity index (χ1v) is 10.9. The normalized spacial score (nSPS) is 23.6. The zero-order valence-electron chi connectivity index (χ0n) is 19.9. The van der Waals surface area contributed by atoms with Gasteiger partial charge in [-0.15, -0.1) is 0 Å². The minimum absolute atomic E-state index is 0.00375. The summed E-state index contributed by atoms with van der Waals surface area (Å²) in [5.74, 6) is -1.36. The van der Waals surface area contributed by atoms with Crippen molar-refractivity contribution in [1.29, 1.82) is 0 Å². The molecule has 2 heterocycles. The van der Waals surface area contributed by atoms with Gasteiger partial charge in [0.15, 0.2) is 23.0 Å². The van der Waals surface area contributed by atoms with Crippen molar-refractivity contribution in [2.75, 3.05) is 27.9 Å². The molecule has 0 bridgehead atoms. The zero-order valence-corrected chi connectivity index (χ0v) is 19.9. The highest BCUT2D eigenvalue weighted by Gasteiger charge is 2.45. The molecule has 0 saturated carbocycles. The largest absolute Gasteiger partial charge is 0.504 e. The third-order valence-corrected chi connectivity index (χ3v) is 6.05. The molecule has 1 aliphatic heterocycles. The second kappa shape index (κ2) is 10.3. The molecule has 37 heavy (non-hydrogen) atoms. The zero-order chi connectivity index (χ0) is 27.0. The quantitative estimate of drug-likeness (QED) is 0.244. The number of phenolic OH excluding ortho intramolecular Hbond substituents is 2. The van der Waals surface area contributed by atoms with Crippen LogP contribution in [-0.4, -0.2) is 89.3 Å². The van der Waals surface area contributed by atoms with Crippen LogP contribution in [0.25, 0.3) is 22.1 Å². The van der Waals surface area contributed by atoms with Gasteiger partial charge in [0.25, 0.3) is 0 Å². The summed E-state index contributed by atoms with van der Waals surface area (Å²) in [6.07, 6.45) is -6.71. The highest BCUT2D eigenvalue weighted by molar-refractivity contribution is 5.91. The van der Waals surface area contributed by atoms with E-state index in [1.165, 1.54) is 39.5 Å². The van der Waals surface area contributed by atoms with Crippen molar-refractivity contribution in [3.05, 3.63) is 34.7 Å². The van der Waals surface area contributed by atoms with Crippen LogP contribution in [0.4, 0.5) is 0 Å². The van der Waals surface area contributed by atoms with E-state index in [4.69, 9.17) is 28.1 Å². The Balaban J connectivity index is 1.81. The van der Waals surface area contributed by atoms with E-state index in [2.05, 4.69) is 0 Å². The fourth-order valence-electron chi connectivity index (χ4n) is 4.05. The number of fused-ring (bicyclic) bond motifs is 1. The molecule has 200 valence electrons. The highest BCUT2D eigenvalue weighted by Crippen LogP contribution is 2.44. The molecule has 1 saturated heterocycles. The van der Waals surface area contributed by atoms with Gasteiger partial charge in [0.05, 0.1) is 33.5 Å². The summed E-state index contributed by atoms with van der Waals surface area (Å²) in [7, 11) is 3.85. The molecule has 2 aromatic carbocycles. The van der Waals surface area contributed by atoms with Crippen molar-refractivity contribution in [2.45, 2.75) is 30.7 Å². The molecular weight excluding hydrogens is 496 g/mol. The van der Waals surface area contributed by atoms with Crippen LogP contribution in [0.1, 0.15) is 0 Å². The Hall–Kier alpha value is -3.75. The van der Waals surface area contributed by atoms with Crippen LogP contribution < -0.4 is 24.4 Å². The maximum absolute atomic E-state index is 13.4. The van der Waals surface area contributed by atoms with E-state index < -0.39 is 48.5 Å². The Bertz CT molecular complexity index is 1320. The third kappa shape index (κ3) is 4.47. The summed E-state index contributed by atoms with van der Waals surface area (Å²) < 4.78 is 32.0. The molecule has 0 aliphatic carbocycles. The number of ether oxygens (including phenoxy) is 5. The van der Waals surface area contributed by atoms with Crippen LogP contribution in [0.2, 0.25) is 0 Å². The molecule has 13 nitrogen and oxygen atoms in total. The lowest BCUT2D eigenvalue weighted by atomic mass is 9.99. The van der Waals surface area contributed by atoms with E-state index in [1.54, 1.807) is 0 Å². The number of hydrogen-bond acceptors (Lipinski definition) is 13. The smallest absolute Gasteiger partial charge is 0.229 e. The van der Waals surface area contributed by atoms with E-state index in [9.17, 15) is 35.4 Å². The molecule has 6 N–H and O–H groups in total. The molecule has 4 rings (SSSR count). The molecule has 1 fully saturated rings. The van der Waals surface area contributed by atoms with Gasteiger partial charge in [0.2, 0.25) is 23.2 Å². The predicted molar refractivity (Wildman–Crippen MR) is 125 cm³/mol. The van der Waals surface area contributed by atoms with Gasteiger partial charge in [-0.1, -0.05) is 0 Å². The number of phenols is 2. The second-order valence-electron chi connectivity index (χ2n) is 8.15. The molecule has 5 unspecified atom stereocenters. The number of aliphatic hydroxyl groups is 4. The van der Waals surface area contributed by atoms with Crippen molar-refractivity contribution in [3.8, 4) is 45.6 Å². The molecule has 0 spiro atoms. The summed E-state index contributed by atoms with van der Waals surface area (Å²) in [6, 6.07) is 3.99. The summed E-state index contributed by atoms with van der Waals surface area (Å²) in [5, 5.41) is 60.5. The van der Waals surface area contributed by atoms with Crippen LogP contribution in [0.3, 0.4) is 0 Å². The first-order chi connectivity index (χ1) is 17.7. The van der Waals surface area contributed by atoms with Gasteiger partial charge >= 0.3 is 0 Å². The lowest BCUT2D eigenvalue weighted by molar-refractivity contribution is -0.277. The lowest BCUT2D eigenvalue weighted by Crippen LogP contribution is -2.60. The predicted octanol–water partition coefficient (Wildman–Crippen LogP) is 0.0757. The minimum Gasteiger partial charge on any atom is -0.504 e. The maximum Gasteiger partial charge on any atom is 0.229 e. The number of hydrogen-bond donors (Lipinski definition) is 6. The Morgan fingerprint density at radius 2 is 1.51 bits per heavy atom. The van der Waals surface area contributed by atoms with Crippen molar-refractivity contribution in [3.63, 3.8) is 0 Å². The average Bonchev–Trinajstić information content (AvgIpc) is 2.89. The van der Waals surface area contributed by atoms with Crippen molar-refractivity contribution >= 4 is 11.0 Å². The Labute approximate surface area is 209 Å². The number of aromatic hydroxyl groups is 2. The van der Waals surface area contributed by atoms with E-state index >= 15 is 0 Å². The van der Waals surface area contributed by atoms with Gasteiger partial charge < -0.3 is 58.7 Å². The molecule has 13 heteroatoms. The molecule has 1 aromatic heterocycles. The number of methoxy groups -OCH3 is 3. The number of benzene rings is 2. The summed E-state index contributed by atoms with van der Waals surface area (Å²) in [6.45, 7) is -0.671. The maximum atomic E-state index is 13.4. The number of rotatable bonds is 7. The first kappa shape index (κ1) is 26.3. The minimum atomic E-state index is -1.73. The molecule has 5 atom stereocenters. The SMILES string of the molecule is COc1cc(-c2coc3cc(OC4OC(CO)C(O)C(O)C4O)c(OC)c(O)c3c2=O)cc(OC)c1O. The highest BCUT2D eigenvalue weighted by atomic mass is 16.7. The molecule has 1 aliphatic rings. The molecule has 0 radical (unpaired) electrons. The topological polar surface area (TPSA) is 198 Å². The number of aliphatic hydroxyl groups excluding tert-OH is 4. The Kier molecular flexibility index (Phi) is 7.34. The standard InChI is InChI=1S/C24H26O13/c1-32-12-4-9(5-13(33-2)18(12)27)10-8-35-11-6-14(23(34-3)20(29)16(11)17(10)26)36-24-22(31)21(30)19(28)15(7-25)37-24/h4-6,8,15,19,21-22,24-25,27-31H,7H2,1-3H3. The van der Waals surface area contributed by atoms with Crippen LogP contribution in [0.15, 0.2) is 33.7 Å². The van der Waals surface area contributed by atoms with Crippen molar-refractivity contribution < 1.29 is 58.7 Å².